The molecule has 0 saturated heterocycles. The van der Waals surface area contributed by atoms with Crippen LogP contribution in [0.5, 0.6) is 0 Å². The maximum absolute atomic E-state index is 4.62. The number of aromatic nitrogens is 3. The highest BCUT2D eigenvalue weighted by Gasteiger charge is 2.15. The van der Waals surface area contributed by atoms with Crippen molar-refractivity contribution >= 4 is 38.3 Å². The zero-order valence-electron chi connectivity index (χ0n) is 11.8. The molecule has 0 aliphatic heterocycles. The van der Waals surface area contributed by atoms with E-state index in [0.29, 0.717) is 0 Å². The van der Waals surface area contributed by atoms with Gasteiger partial charge in [0, 0.05) is 45.1 Å². The minimum atomic E-state index is 0.947. The van der Waals surface area contributed by atoms with Gasteiger partial charge in [-0.3, -0.25) is 0 Å². The summed E-state index contributed by atoms with van der Waals surface area (Å²) in [6.07, 6.45) is 5.80. The van der Waals surface area contributed by atoms with E-state index < -0.39 is 0 Å². The van der Waals surface area contributed by atoms with Crippen molar-refractivity contribution in [3.05, 3.63) is 64.3 Å². The maximum atomic E-state index is 4.62. The van der Waals surface area contributed by atoms with Crippen molar-refractivity contribution in [3.63, 3.8) is 0 Å². The third kappa shape index (κ3) is 2.17. The Bertz CT molecular complexity index is 957. The van der Waals surface area contributed by atoms with Crippen LogP contribution < -0.4 is 0 Å². The van der Waals surface area contributed by atoms with Gasteiger partial charge in [0.05, 0.1) is 0 Å². The molecule has 0 aliphatic carbocycles. The molecule has 3 heterocycles. The number of hydrogen-bond acceptors (Lipinski definition) is 3. The van der Waals surface area contributed by atoms with Gasteiger partial charge in [0.15, 0.2) is 0 Å². The lowest BCUT2D eigenvalue weighted by molar-refractivity contribution is 1.07. The first-order valence-corrected chi connectivity index (χ1v) is 8.54. The Kier molecular flexibility index (Phi) is 3.32. The lowest BCUT2D eigenvalue weighted by Gasteiger charge is -2.07. The lowest BCUT2D eigenvalue weighted by Crippen LogP contribution is -1.96. The molecule has 4 rings (SSSR count). The van der Waals surface area contributed by atoms with E-state index in [1.807, 2.05) is 17.8 Å². The molecule has 0 fully saturated rings. The minimum Gasteiger partial charge on any atom is -0.300 e. The average Bonchev–Trinajstić information content (AvgIpc) is 3.14. The number of pyridine rings is 1. The van der Waals surface area contributed by atoms with Gasteiger partial charge in [-0.25, -0.2) is 9.97 Å². The van der Waals surface area contributed by atoms with Gasteiger partial charge in [-0.2, -0.15) is 0 Å². The fraction of sp³-hybridized carbons (Fsp3) is 0.0588. The quantitative estimate of drug-likeness (QED) is 0.484. The highest BCUT2D eigenvalue weighted by atomic mass is 79.9. The number of thiazole rings is 1. The second-order valence-corrected chi connectivity index (χ2v) is 6.87. The van der Waals surface area contributed by atoms with Gasteiger partial charge in [0.25, 0.3) is 0 Å². The van der Waals surface area contributed by atoms with Crippen molar-refractivity contribution in [2.75, 3.05) is 0 Å². The van der Waals surface area contributed by atoms with Crippen LogP contribution in [0.3, 0.4) is 0 Å². The largest absolute Gasteiger partial charge is 0.300 e. The monoisotopic (exact) mass is 369 g/mol. The molecular formula is C17H12BrN3S. The second kappa shape index (κ2) is 5.34. The van der Waals surface area contributed by atoms with Gasteiger partial charge < -0.3 is 4.57 Å². The van der Waals surface area contributed by atoms with Crippen LogP contribution in [0.25, 0.3) is 27.3 Å². The van der Waals surface area contributed by atoms with E-state index in [1.165, 1.54) is 5.56 Å². The molecule has 3 aromatic heterocycles. The van der Waals surface area contributed by atoms with Crippen molar-refractivity contribution < 1.29 is 0 Å². The summed E-state index contributed by atoms with van der Waals surface area (Å²) in [6.45, 7) is 2.11. The van der Waals surface area contributed by atoms with Crippen LogP contribution >= 0.6 is 27.3 Å². The number of nitrogens with zero attached hydrogens (tertiary/aromatic N) is 3. The molecule has 108 valence electrons. The molecule has 0 aliphatic rings. The Labute approximate surface area is 140 Å². The number of para-hydroxylation sites is 1. The van der Waals surface area contributed by atoms with E-state index in [-0.39, 0.29) is 0 Å². The SMILES string of the molecule is Cc1ccccc1-n1cc(-c2nccs2)c2cc(Br)cnc21. The number of fused-ring (bicyclic) bond motifs is 1. The molecule has 0 atom stereocenters. The first kappa shape index (κ1) is 13.7. The van der Waals surface area contributed by atoms with Crippen LogP contribution in [-0.2, 0) is 0 Å². The molecule has 5 heteroatoms. The number of aryl methyl sites for hydroxylation is 1. The number of halogens is 1. The van der Waals surface area contributed by atoms with Crippen LogP contribution in [0.1, 0.15) is 5.56 Å². The Morgan fingerprint density at radius 3 is 2.82 bits per heavy atom. The van der Waals surface area contributed by atoms with E-state index in [1.54, 1.807) is 11.3 Å². The van der Waals surface area contributed by atoms with Crippen molar-refractivity contribution in [2.24, 2.45) is 0 Å². The summed E-state index contributed by atoms with van der Waals surface area (Å²) in [5.74, 6) is 0. The van der Waals surface area contributed by atoms with E-state index in [9.17, 15) is 0 Å². The Morgan fingerprint density at radius 1 is 1.18 bits per heavy atom. The van der Waals surface area contributed by atoms with Crippen LogP contribution in [0.2, 0.25) is 0 Å². The highest BCUT2D eigenvalue weighted by molar-refractivity contribution is 9.10. The van der Waals surface area contributed by atoms with Gasteiger partial charge in [-0.15, -0.1) is 11.3 Å². The Morgan fingerprint density at radius 2 is 2.05 bits per heavy atom. The molecule has 0 N–H and O–H groups in total. The van der Waals surface area contributed by atoms with Gasteiger partial charge in [0.2, 0.25) is 0 Å². The van der Waals surface area contributed by atoms with Crippen LogP contribution in [0, 0.1) is 6.92 Å². The molecule has 0 unspecified atom stereocenters. The molecule has 0 radical (unpaired) electrons. The molecule has 4 aromatic rings. The number of hydrogen-bond donors (Lipinski definition) is 0. The topological polar surface area (TPSA) is 30.7 Å². The molecule has 22 heavy (non-hydrogen) atoms. The summed E-state index contributed by atoms with van der Waals surface area (Å²) >= 11 is 5.16. The van der Waals surface area contributed by atoms with Crippen molar-refractivity contribution in [1.29, 1.82) is 0 Å². The fourth-order valence-corrected chi connectivity index (χ4v) is 3.62. The fourth-order valence-electron chi connectivity index (χ4n) is 2.63. The minimum absolute atomic E-state index is 0.947. The number of rotatable bonds is 2. The van der Waals surface area contributed by atoms with Gasteiger partial charge in [0.1, 0.15) is 10.7 Å². The predicted molar refractivity (Wildman–Crippen MR) is 94.6 cm³/mol. The maximum Gasteiger partial charge on any atom is 0.145 e. The van der Waals surface area contributed by atoms with Crippen LogP contribution in [0.15, 0.2) is 58.8 Å². The summed E-state index contributed by atoms with van der Waals surface area (Å²) in [6, 6.07) is 10.4. The third-order valence-corrected chi connectivity index (χ3v) is 4.89. The summed E-state index contributed by atoms with van der Waals surface area (Å²) in [7, 11) is 0. The van der Waals surface area contributed by atoms with Gasteiger partial charge >= 0.3 is 0 Å². The third-order valence-electron chi connectivity index (χ3n) is 3.65. The molecule has 1 aromatic carbocycles. The van der Waals surface area contributed by atoms with Crippen molar-refractivity contribution in [3.8, 4) is 16.3 Å². The first-order valence-electron chi connectivity index (χ1n) is 6.86. The lowest BCUT2D eigenvalue weighted by atomic mass is 10.2. The first-order chi connectivity index (χ1) is 10.7. The average molecular weight is 370 g/mol. The summed E-state index contributed by atoms with van der Waals surface area (Å²) in [5.41, 5.74) is 4.42. The standard InChI is InChI=1S/C17H12BrN3S/c1-11-4-2-3-5-15(11)21-10-14(17-19-6-7-22-17)13-8-12(18)9-20-16(13)21/h2-10H,1H3. The van der Waals surface area contributed by atoms with Crippen LogP contribution in [-0.4, -0.2) is 14.5 Å². The summed E-state index contributed by atoms with van der Waals surface area (Å²) < 4.78 is 3.12. The zero-order valence-corrected chi connectivity index (χ0v) is 14.2. The Balaban J connectivity index is 2.07. The smallest absolute Gasteiger partial charge is 0.145 e. The zero-order chi connectivity index (χ0) is 15.1. The summed E-state index contributed by atoms with van der Waals surface area (Å²) in [5, 5.41) is 4.11. The van der Waals surface area contributed by atoms with E-state index >= 15 is 0 Å². The molecule has 0 saturated carbocycles. The Hall–Kier alpha value is -1.98. The van der Waals surface area contributed by atoms with E-state index in [2.05, 4.69) is 73.9 Å². The molecule has 3 nitrogen and oxygen atoms in total. The number of benzene rings is 1. The molecule has 0 spiro atoms. The second-order valence-electron chi connectivity index (χ2n) is 5.06. The summed E-state index contributed by atoms with van der Waals surface area (Å²) in [4.78, 5) is 9.08. The molecule has 0 bridgehead atoms. The van der Waals surface area contributed by atoms with E-state index in [4.69, 9.17) is 0 Å². The van der Waals surface area contributed by atoms with Crippen molar-refractivity contribution in [1.82, 2.24) is 14.5 Å². The van der Waals surface area contributed by atoms with E-state index in [0.717, 1.165) is 31.8 Å². The van der Waals surface area contributed by atoms with Gasteiger partial charge in [-0.1, -0.05) is 18.2 Å². The normalized spacial score (nSPS) is 11.2. The van der Waals surface area contributed by atoms with Crippen LogP contribution in [0.4, 0.5) is 0 Å². The predicted octanol–water partition coefficient (Wildman–Crippen LogP) is 5.22. The highest BCUT2D eigenvalue weighted by Crippen LogP contribution is 2.34. The molecule has 0 amide bonds. The van der Waals surface area contributed by atoms with Crippen molar-refractivity contribution in [2.45, 2.75) is 6.92 Å². The van der Waals surface area contributed by atoms with Gasteiger partial charge in [-0.05, 0) is 40.5 Å². The molecular weight excluding hydrogens is 358 g/mol.